The molecule has 0 aliphatic heterocycles. The number of nitrogens with one attached hydrogen (secondary N) is 1. The highest BCUT2D eigenvalue weighted by molar-refractivity contribution is 6.32. The summed E-state index contributed by atoms with van der Waals surface area (Å²) < 4.78 is 5.19. The molecule has 0 spiro atoms. The number of hydrogen-bond donors (Lipinski definition) is 2. The molecule has 0 aliphatic rings. The van der Waals surface area contributed by atoms with Crippen LogP contribution in [0.15, 0.2) is 30.5 Å². The quantitative estimate of drug-likeness (QED) is 0.611. The second-order valence-corrected chi connectivity index (χ2v) is 5.61. The first-order chi connectivity index (χ1) is 11.0. The van der Waals surface area contributed by atoms with Gasteiger partial charge in [-0.2, -0.15) is 0 Å². The minimum Gasteiger partial charge on any atom is -0.460 e. The fraction of sp³-hybridized carbons (Fsp3) is 0.267. The van der Waals surface area contributed by atoms with E-state index >= 15 is 0 Å². The molecule has 0 saturated carbocycles. The third-order valence-corrected chi connectivity index (χ3v) is 3.43. The van der Waals surface area contributed by atoms with Crippen LogP contribution in [-0.4, -0.2) is 29.0 Å². The van der Waals surface area contributed by atoms with Crippen LogP contribution in [0, 0.1) is 0 Å². The maximum atomic E-state index is 12.0. The van der Waals surface area contributed by atoms with Gasteiger partial charge in [0.25, 0.3) is 0 Å². The van der Waals surface area contributed by atoms with Crippen molar-refractivity contribution in [2.75, 3.05) is 12.4 Å². The lowest BCUT2D eigenvalue weighted by molar-refractivity contribution is -0.146. The summed E-state index contributed by atoms with van der Waals surface area (Å²) in [6.07, 6.45) is 2.01. The molecule has 0 fully saturated rings. The number of aromatic nitrogens is 2. The van der Waals surface area contributed by atoms with Crippen molar-refractivity contribution in [3.05, 3.63) is 51.9 Å². The van der Waals surface area contributed by atoms with Crippen LogP contribution >= 0.6 is 23.2 Å². The largest absolute Gasteiger partial charge is 0.460 e. The van der Waals surface area contributed by atoms with E-state index in [0.29, 0.717) is 17.8 Å². The van der Waals surface area contributed by atoms with Crippen molar-refractivity contribution < 1.29 is 9.53 Å². The van der Waals surface area contributed by atoms with Gasteiger partial charge in [0, 0.05) is 13.2 Å². The molecule has 0 aliphatic carbocycles. The van der Waals surface area contributed by atoms with Gasteiger partial charge in [-0.25, -0.2) is 9.97 Å². The number of pyridine rings is 2. The number of halogens is 2. The second kappa shape index (κ2) is 8.10. The molecule has 0 unspecified atom stereocenters. The van der Waals surface area contributed by atoms with Gasteiger partial charge in [0.15, 0.2) is 0 Å². The second-order valence-electron chi connectivity index (χ2n) is 4.84. The lowest BCUT2D eigenvalue weighted by Gasteiger charge is -2.12. The maximum absolute atomic E-state index is 12.0. The summed E-state index contributed by atoms with van der Waals surface area (Å²) in [6.45, 7) is 0.0343. The van der Waals surface area contributed by atoms with E-state index in [2.05, 4.69) is 15.3 Å². The molecular formula is C15H16Cl2N4O2. The minimum absolute atomic E-state index is 0.0343. The van der Waals surface area contributed by atoms with Gasteiger partial charge < -0.3 is 15.8 Å². The van der Waals surface area contributed by atoms with Crippen molar-refractivity contribution in [2.24, 2.45) is 5.73 Å². The zero-order chi connectivity index (χ0) is 16.8. The summed E-state index contributed by atoms with van der Waals surface area (Å²) in [5.41, 5.74) is 7.43. The Morgan fingerprint density at radius 3 is 2.65 bits per heavy atom. The predicted molar refractivity (Wildman–Crippen MR) is 89.5 cm³/mol. The fourth-order valence-electron chi connectivity index (χ4n) is 1.93. The first kappa shape index (κ1) is 17.5. The van der Waals surface area contributed by atoms with E-state index in [4.69, 9.17) is 33.7 Å². The first-order valence-corrected chi connectivity index (χ1v) is 7.60. The summed E-state index contributed by atoms with van der Waals surface area (Å²) in [6, 6.07) is 6.02. The van der Waals surface area contributed by atoms with E-state index in [9.17, 15) is 4.79 Å². The molecular weight excluding hydrogens is 339 g/mol. The van der Waals surface area contributed by atoms with Gasteiger partial charge in [-0.15, -0.1) is 0 Å². The van der Waals surface area contributed by atoms with Gasteiger partial charge >= 0.3 is 5.97 Å². The van der Waals surface area contributed by atoms with Crippen LogP contribution in [-0.2, 0) is 22.6 Å². The topological polar surface area (TPSA) is 90.1 Å². The lowest BCUT2D eigenvalue weighted by atomic mass is 10.1. The highest BCUT2D eigenvalue weighted by Gasteiger charge is 2.16. The smallest absolute Gasteiger partial charge is 0.323 e. The Morgan fingerprint density at radius 2 is 2.00 bits per heavy atom. The van der Waals surface area contributed by atoms with Crippen LogP contribution in [0.4, 0.5) is 5.82 Å². The molecule has 0 aromatic carbocycles. The summed E-state index contributed by atoms with van der Waals surface area (Å²) in [4.78, 5) is 19.9. The van der Waals surface area contributed by atoms with Crippen molar-refractivity contribution >= 4 is 35.0 Å². The molecule has 8 heteroatoms. The molecule has 23 heavy (non-hydrogen) atoms. The molecule has 2 rings (SSSR count). The van der Waals surface area contributed by atoms with E-state index in [1.165, 1.54) is 0 Å². The van der Waals surface area contributed by atoms with Crippen molar-refractivity contribution in [1.29, 1.82) is 0 Å². The lowest BCUT2D eigenvalue weighted by Crippen LogP contribution is -2.34. The molecule has 2 heterocycles. The number of carbonyl (C=O) groups is 1. The Kier molecular flexibility index (Phi) is 6.15. The highest BCUT2D eigenvalue weighted by atomic mass is 35.5. The van der Waals surface area contributed by atoms with Crippen LogP contribution < -0.4 is 11.1 Å². The Hall–Kier alpha value is -1.89. The number of rotatable bonds is 6. The molecule has 2 aromatic heterocycles. The summed E-state index contributed by atoms with van der Waals surface area (Å²) in [5, 5.41) is 3.41. The van der Waals surface area contributed by atoms with Gasteiger partial charge in [-0.1, -0.05) is 23.2 Å². The Morgan fingerprint density at radius 1 is 1.30 bits per heavy atom. The zero-order valence-electron chi connectivity index (χ0n) is 12.4. The van der Waals surface area contributed by atoms with E-state index in [1.807, 2.05) is 6.07 Å². The van der Waals surface area contributed by atoms with Gasteiger partial charge in [0.1, 0.15) is 28.8 Å². The third kappa shape index (κ3) is 5.35. The van der Waals surface area contributed by atoms with Crippen LogP contribution in [0.2, 0.25) is 10.3 Å². The molecule has 2 aromatic rings. The standard InChI is InChI=1S/C15H16Cl2N4O2/c1-19-14-7-9(2-3-20-14)4-11(18)15(22)23-8-10-5-12(16)21-13(17)6-10/h2-3,5-7,11H,4,8,18H2,1H3,(H,19,20)/t11-/m0/s1. The number of carbonyl (C=O) groups excluding carboxylic acids is 1. The summed E-state index contributed by atoms with van der Waals surface area (Å²) in [5.74, 6) is 0.209. The van der Waals surface area contributed by atoms with Crippen molar-refractivity contribution in [1.82, 2.24) is 9.97 Å². The molecule has 0 bridgehead atoms. The van der Waals surface area contributed by atoms with Crippen LogP contribution in [0.1, 0.15) is 11.1 Å². The van der Waals surface area contributed by atoms with Crippen LogP contribution in [0.25, 0.3) is 0 Å². The Balaban J connectivity index is 1.91. The number of ether oxygens (including phenoxy) is 1. The van der Waals surface area contributed by atoms with Gasteiger partial charge in [-0.3, -0.25) is 4.79 Å². The summed E-state index contributed by atoms with van der Waals surface area (Å²) in [7, 11) is 1.77. The SMILES string of the molecule is CNc1cc(C[C@H](N)C(=O)OCc2cc(Cl)nc(Cl)c2)ccn1. The fourth-order valence-corrected chi connectivity index (χ4v) is 2.44. The van der Waals surface area contributed by atoms with Crippen LogP contribution in [0.5, 0.6) is 0 Å². The van der Waals surface area contributed by atoms with E-state index in [1.54, 1.807) is 31.4 Å². The first-order valence-electron chi connectivity index (χ1n) is 6.85. The van der Waals surface area contributed by atoms with E-state index < -0.39 is 12.0 Å². The van der Waals surface area contributed by atoms with Gasteiger partial charge in [0.2, 0.25) is 0 Å². The normalized spacial score (nSPS) is 11.8. The monoisotopic (exact) mass is 354 g/mol. The van der Waals surface area contributed by atoms with E-state index in [0.717, 1.165) is 5.56 Å². The third-order valence-electron chi connectivity index (χ3n) is 3.04. The average Bonchev–Trinajstić information content (AvgIpc) is 2.51. The van der Waals surface area contributed by atoms with E-state index in [-0.39, 0.29) is 16.9 Å². The molecule has 1 atom stereocenters. The number of nitrogens with zero attached hydrogens (tertiary/aromatic N) is 2. The molecule has 6 nitrogen and oxygen atoms in total. The number of hydrogen-bond acceptors (Lipinski definition) is 6. The van der Waals surface area contributed by atoms with Crippen molar-refractivity contribution in [3.8, 4) is 0 Å². The molecule has 3 N–H and O–H groups in total. The molecule has 0 amide bonds. The van der Waals surface area contributed by atoms with Crippen molar-refractivity contribution in [2.45, 2.75) is 19.1 Å². The number of nitrogens with two attached hydrogens (primary N) is 1. The maximum Gasteiger partial charge on any atom is 0.323 e. The van der Waals surface area contributed by atoms with Crippen LogP contribution in [0.3, 0.4) is 0 Å². The number of anilines is 1. The number of esters is 1. The average molecular weight is 355 g/mol. The zero-order valence-corrected chi connectivity index (χ0v) is 13.9. The molecule has 0 radical (unpaired) electrons. The summed E-state index contributed by atoms with van der Waals surface area (Å²) >= 11 is 11.6. The van der Waals surface area contributed by atoms with Crippen molar-refractivity contribution in [3.63, 3.8) is 0 Å². The van der Waals surface area contributed by atoms with Gasteiger partial charge in [-0.05, 0) is 41.8 Å². The Bertz CT molecular complexity index is 677. The highest BCUT2D eigenvalue weighted by Crippen LogP contribution is 2.16. The molecule has 0 saturated heterocycles. The Labute approximate surface area is 144 Å². The minimum atomic E-state index is -0.769. The predicted octanol–water partition coefficient (Wildman–Crippen LogP) is 2.44. The van der Waals surface area contributed by atoms with Gasteiger partial charge in [0.05, 0.1) is 0 Å². The molecule has 122 valence electrons.